The summed E-state index contributed by atoms with van der Waals surface area (Å²) < 4.78 is 5.12. The average Bonchev–Trinajstić information content (AvgIpc) is 2.91. The Hall–Kier alpha value is -2.55. The number of imidazole rings is 1. The van der Waals surface area contributed by atoms with Gasteiger partial charge in [-0.2, -0.15) is 0 Å². The second-order valence-electron chi connectivity index (χ2n) is 3.88. The molecule has 1 aromatic carbocycles. The van der Waals surface area contributed by atoms with Crippen molar-refractivity contribution in [3.63, 3.8) is 0 Å². The minimum absolute atomic E-state index is 0.0580. The molecule has 8 nitrogen and oxygen atoms in total. The fourth-order valence-electron chi connectivity index (χ4n) is 1.84. The lowest BCUT2D eigenvalue weighted by Gasteiger charge is -1.98. The zero-order valence-corrected chi connectivity index (χ0v) is 10.4. The first-order valence-corrected chi connectivity index (χ1v) is 5.66. The van der Waals surface area contributed by atoms with E-state index in [1.807, 2.05) is 0 Å². The molecule has 2 heterocycles. The van der Waals surface area contributed by atoms with Crippen molar-refractivity contribution in [2.45, 2.75) is 6.92 Å². The Bertz CT molecular complexity index is 846. The van der Waals surface area contributed by atoms with E-state index in [9.17, 15) is 10.1 Å². The molecule has 0 radical (unpaired) electrons. The van der Waals surface area contributed by atoms with Crippen LogP contribution in [0.2, 0.25) is 0 Å². The molecule has 0 aliphatic rings. The maximum Gasteiger partial charge on any atom is 0.284 e. The van der Waals surface area contributed by atoms with Gasteiger partial charge in [-0.1, -0.05) is 0 Å². The number of hydrogen-bond donors (Lipinski definition) is 2. The first-order valence-electron chi connectivity index (χ1n) is 5.25. The first kappa shape index (κ1) is 11.5. The van der Waals surface area contributed by atoms with Crippen LogP contribution in [0, 0.1) is 21.9 Å². The largest absolute Gasteiger partial charge is 0.409 e. The molecule has 3 aromatic rings. The summed E-state index contributed by atoms with van der Waals surface area (Å²) in [6, 6.07) is 2.95. The number of aryl methyl sites for hydroxylation is 1. The SMILES string of the molecule is Cc1nc2cc(-c3n[nH]c(=S)o3)c([N+](=O)[O-])cc2[nH]1. The van der Waals surface area contributed by atoms with Gasteiger partial charge in [0.15, 0.2) is 0 Å². The Morgan fingerprint density at radius 1 is 1.47 bits per heavy atom. The standard InChI is InChI=1S/C10H7N5O3S/c1-4-11-6-2-5(9-13-14-10(19)18-9)8(15(16)17)3-7(6)12-4/h2-3H,1H3,(H,11,12)(H,14,19). The number of benzene rings is 1. The predicted molar refractivity (Wildman–Crippen MR) is 68.2 cm³/mol. The highest BCUT2D eigenvalue weighted by Crippen LogP contribution is 2.32. The zero-order valence-electron chi connectivity index (χ0n) is 9.63. The molecule has 0 aliphatic heterocycles. The minimum Gasteiger partial charge on any atom is -0.409 e. The number of aromatic nitrogens is 4. The molecule has 0 saturated carbocycles. The van der Waals surface area contributed by atoms with Crippen molar-refractivity contribution in [3.8, 4) is 11.5 Å². The summed E-state index contributed by atoms with van der Waals surface area (Å²) in [4.78, 5) is 17.8. The molecule has 0 atom stereocenters. The summed E-state index contributed by atoms with van der Waals surface area (Å²) in [6.45, 7) is 1.77. The van der Waals surface area contributed by atoms with E-state index in [0.717, 1.165) is 0 Å². The third kappa shape index (κ3) is 1.89. The minimum atomic E-state index is -0.502. The summed E-state index contributed by atoms with van der Waals surface area (Å²) in [6.07, 6.45) is 0. The maximum atomic E-state index is 11.1. The normalized spacial score (nSPS) is 11.0. The van der Waals surface area contributed by atoms with E-state index in [1.165, 1.54) is 6.07 Å². The van der Waals surface area contributed by atoms with Gasteiger partial charge >= 0.3 is 0 Å². The van der Waals surface area contributed by atoms with E-state index in [-0.39, 0.29) is 22.0 Å². The van der Waals surface area contributed by atoms with Gasteiger partial charge < -0.3 is 9.40 Å². The van der Waals surface area contributed by atoms with Crippen LogP contribution in [0.1, 0.15) is 5.82 Å². The summed E-state index contributed by atoms with van der Waals surface area (Å²) in [5, 5.41) is 17.4. The van der Waals surface area contributed by atoms with Crippen LogP contribution < -0.4 is 0 Å². The fourth-order valence-corrected chi connectivity index (χ4v) is 1.96. The third-order valence-corrected chi connectivity index (χ3v) is 2.76. The molecule has 0 aliphatic carbocycles. The van der Waals surface area contributed by atoms with Crippen LogP contribution in [0.15, 0.2) is 16.5 Å². The number of hydrogen-bond acceptors (Lipinski definition) is 6. The molecule has 0 spiro atoms. The smallest absolute Gasteiger partial charge is 0.284 e. The van der Waals surface area contributed by atoms with Crippen LogP contribution in [0.4, 0.5) is 5.69 Å². The molecule has 2 aromatic heterocycles. The van der Waals surface area contributed by atoms with Crippen molar-refractivity contribution in [1.29, 1.82) is 0 Å². The predicted octanol–water partition coefficient (Wildman–Crippen LogP) is 2.49. The topological polar surface area (TPSA) is 114 Å². The summed E-state index contributed by atoms with van der Waals surface area (Å²) in [5.41, 5.74) is 1.29. The molecule has 0 fully saturated rings. The van der Waals surface area contributed by atoms with Gasteiger partial charge in [0.2, 0.25) is 0 Å². The lowest BCUT2D eigenvalue weighted by molar-refractivity contribution is -0.384. The van der Waals surface area contributed by atoms with Gasteiger partial charge in [0, 0.05) is 6.07 Å². The highest BCUT2D eigenvalue weighted by Gasteiger charge is 2.21. The van der Waals surface area contributed by atoms with Gasteiger partial charge in [0.05, 0.1) is 16.0 Å². The highest BCUT2D eigenvalue weighted by molar-refractivity contribution is 7.71. The van der Waals surface area contributed by atoms with Crippen molar-refractivity contribution in [2.24, 2.45) is 0 Å². The van der Waals surface area contributed by atoms with Gasteiger partial charge in [-0.15, -0.1) is 5.10 Å². The molecule has 0 unspecified atom stereocenters. The number of rotatable bonds is 2. The molecular weight excluding hydrogens is 270 g/mol. The molecule has 0 saturated heterocycles. The van der Waals surface area contributed by atoms with E-state index in [1.54, 1.807) is 13.0 Å². The van der Waals surface area contributed by atoms with Crippen LogP contribution in [0.25, 0.3) is 22.5 Å². The molecule has 19 heavy (non-hydrogen) atoms. The lowest BCUT2D eigenvalue weighted by atomic mass is 10.1. The number of nitro groups is 1. The number of nitrogens with one attached hydrogen (secondary N) is 2. The van der Waals surface area contributed by atoms with Gasteiger partial charge in [0.1, 0.15) is 11.4 Å². The van der Waals surface area contributed by atoms with Gasteiger partial charge in [-0.05, 0) is 25.2 Å². The van der Waals surface area contributed by atoms with Crippen LogP contribution in [-0.2, 0) is 0 Å². The first-order chi connectivity index (χ1) is 9.04. The summed E-state index contributed by atoms with van der Waals surface area (Å²) in [7, 11) is 0. The Morgan fingerprint density at radius 2 is 2.26 bits per heavy atom. The average molecular weight is 277 g/mol. The van der Waals surface area contributed by atoms with Crippen molar-refractivity contribution >= 4 is 28.9 Å². The second kappa shape index (κ2) is 3.99. The van der Waals surface area contributed by atoms with Crippen molar-refractivity contribution in [2.75, 3.05) is 0 Å². The molecule has 3 rings (SSSR count). The van der Waals surface area contributed by atoms with Crippen molar-refractivity contribution in [3.05, 3.63) is 32.9 Å². The number of nitro benzene ring substituents is 1. The Balaban J connectivity index is 2.34. The van der Waals surface area contributed by atoms with Gasteiger partial charge in [-0.3, -0.25) is 10.1 Å². The molecule has 9 heteroatoms. The van der Waals surface area contributed by atoms with Gasteiger partial charge in [0.25, 0.3) is 16.4 Å². The third-order valence-electron chi connectivity index (χ3n) is 2.58. The highest BCUT2D eigenvalue weighted by atomic mass is 32.1. The Morgan fingerprint density at radius 3 is 2.89 bits per heavy atom. The Kier molecular flexibility index (Phi) is 2.42. The molecule has 0 bridgehead atoms. The van der Waals surface area contributed by atoms with E-state index in [2.05, 4.69) is 20.2 Å². The summed E-state index contributed by atoms with van der Waals surface area (Å²) in [5.74, 6) is 0.739. The monoisotopic (exact) mass is 277 g/mol. The van der Waals surface area contributed by atoms with Crippen LogP contribution in [0.3, 0.4) is 0 Å². The number of aromatic amines is 2. The van der Waals surface area contributed by atoms with E-state index < -0.39 is 4.92 Å². The lowest BCUT2D eigenvalue weighted by Crippen LogP contribution is -1.92. The van der Waals surface area contributed by atoms with Crippen molar-refractivity contribution < 1.29 is 9.34 Å². The van der Waals surface area contributed by atoms with Crippen LogP contribution >= 0.6 is 12.2 Å². The number of H-pyrrole nitrogens is 2. The second-order valence-corrected chi connectivity index (χ2v) is 4.25. The van der Waals surface area contributed by atoms with E-state index >= 15 is 0 Å². The van der Waals surface area contributed by atoms with Crippen molar-refractivity contribution in [1.82, 2.24) is 20.2 Å². The molecular formula is C10H7N5O3S. The Labute approximate surface area is 110 Å². The zero-order chi connectivity index (χ0) is 13.6. The van der Waals surface area contributed by atoms with Crippen LogP contribution in [-0.4, -0.2) is 25.1 Å². The van der Waals surface area contributed by atoms with E-state index in [0.29, 0.717) is 16.9 Å². The molecule has 96 valence electrons. The van der Waals surface area contributed by atoms with E-state index in [4.69, 9.17) is 16.6 Å². The molecule has 2 N–H and O–H groups in total. The van der Waals surface area contributed by atoms with Gasteiger partial charge in [-0.25, -0.2) is 10.1 Å². The fraction of sp³-hybridized carbons (Fsp3) is 0.100. The number of fused-ring (bicyclic) bond motifs is 1. The number of nitrogens with zero attached hydrogens (tertiary/aromatic N) is 3. The maximum absolute atomic E-state index is 11.1. The molecule has 0 amide bonds. The quantitative estimate of drug-likeness (QED) is 0.422. The van der Waals surface area contributed by atoms with Crippen LogP contribution in [0.5, 0.6) is 0 Å². The summed E-state index contributed by atoms with van der Waals surface area (Å²) >= 11 is 4.77.